The molecule has 0 N–H and O–H groups in total. The SMILES string of the molecule is [Ir+3].c1ccc(-c2ccccc2-c2ccccn2)cc1.c1ccc(-c2ccccc2-c2ccccn2)cc1.c1ccc(-c2ccccc2-c2ccccn2)cc1. The van der Waals surface area contributed by atoms with E-state index in [1.54, 1.807) is 0 Å². The Balaban J connectivity index is 0.000000139. The molecule has 0 aliphatic heterocycles. The van der Waals surface area contributed by atoms with Crippen molar-refractivity contribution in [3.05, 3.63) is 237 Å². The molecule has 0 aliphatic rings. The monoisotopic (exact) mass is 886 g/mol. The minimum absolute atomic E-state index is 0. The van der Waals surface area contributed by atoms with Crippen LogP contribution in [0.25, 0.3) is 67.2 Å². The van der Waals surface area contributed by atoms with Crippen LogP contribution in [0.15, 0.2) is 237 Å². The van der Waals surface area contributed by atoms with Crippen LogP contribution in [-0.2, 0) is 20.1 Å². The van der Waals surface area contributed by atoms with E-state index in [0.29, 0.717) is 0 Å². The number of pyridine rings is 3. The van der Waals surface area contributed by atoms with E-state index in [-0.39, 0.29) is 20.1 Å². The summed E-state index contributed by atoms with van der Waals surface area (Å²) in [6, 6.07) is 74.3. The summed E-state index contributed by atoms with van der Waals surface area (Å²) in [4.78, 5) is 13.3. The smallest absolute Gasteiger partial charge is 0.256 e. The molecular formula is C51H39IrN3+3. The Kier molecular flexibility index (Phi) is 13.9. The van der Waals surface area contributed by atoms with E-state index < -0.39 is 0 Å². The van der Waals surface area contributed by atoms with Crippen molar-refractivity contribution >= 4 is 0 Å². The third-order valence-corrected chi connectivity index (χ3v) is 8.86. The van der Waals surface area contributed by atoms with Gasteiger partial charge in [0, 0.05) is 35.3 Å². The fourth-order valence-electron chi connectivity index (χ4n) is 6.29. The van der Waals surface area contributed by atoms with E-state index in [4.69, 9.17) is 0 Å². The van der Waals surface area contributed by atoms with Gasteiger partial charge in [-0.2, -0.15) is 0 Å². The summed E-state index contributed by atoms with van der Waals surface area (Å²) in [5, 5.41) is 0. The van der Waals surface area contributed by atoms with Crippen molar-refractivity contribution in [1.82, 2.24) is 15.0 Å². The zero-order valence-electron chi connectivity index (χ0n) is 30.2. The Bertz CT molecular complexity index is 2000. The first-order valence-electron chi connectivity index (χ1n) is 18.0. The van der Waals surface area contributed by atoms with Crippen molar-refractivity contribution in [2.75, 3.05) is 0 Å². The Morgan fingerprint density at radius 2 is 0.418 bits per heavy atom. The van der Waals surface area contributed by atoms with Gasteiger partial charge in [-0.25, -0.2) is 0 Å². The summed E-state index contributed by atoms with van der Waals surface area (Å²) in [6.07, 6.45) is 5.49. The second kappa shape index (κ2) is 20.0. The molecule has 0 saturated carbocycles. The molecule has 0 saturated heterocycles. The van der Waals surface area contributed by atoms with Gasteiger partial charge in [0.25, 0.3) is 0 Å². The zero-order valence-corrected chi connectivity index (χ0v) is 32.6. The van der Waals surface area contributed by atoms with Crippen LogP contribution < -0.4 is 0 Å². The second-order valence-corrected chi connectivity index (χ2v) is 12.4. The zero-order chi connectivity index (χ0) is 36.6. The molecule has 0 spiro atoms. The molecule has 3 aromatic heterocycles. The van der Waals surface area contributed by atoms with Crippen LogP contribution in [0.3, 0.4) is 0 Å². The maximum atomic E-state index is 4.44. The average Bonchev–Trinajstić information content (AvgIpc) is 3.29. The first-order chi connectivity index (χ1) is 26.8. The summed E-state index contributed by atoms with van der Waals surface area (Å²) in [6.45, 7) is 0. The van der Waals surface area contributed by atoms with Crippen LogP contribution >= 0.6 is 0 Å². The predicted octanol–water partition coefficient (Wildman–Crippen LogP) is 13.2. The molecule has 0 aliphatic carbocycles. The van der Waals surface area contributed by atoms with Gasteiger partial charge < -0.3 is 0 Å². The molecule has 3 nitrogen and oxygen atoms in total. The van der Waals surface area contributed by atoms with Crippen molar-refractivity contribution < 1.29 is 20.1 Å². The molecule has 55 heavy (non-hydrogen) atoms. The van der Waals surface area contributed by atoms with Crippen molar-refractivity contribution in [2.45, 2.75) is 0 Å². The van der Waals surface area contributed by atoms with Gasteiger partial charge in [0.15, 0.2) is 0 Å². The maximum Gasteiger partial charge on any atom is 3.00 e. The van der Waals surface area contributed by atoms with Gasteiger partial charge in [-0.1, -0.05) is 182 Å². The van der Waals surface area contributed by atoms with Crippen molar-refractivity contribution in [2.24, 2.45) is 0 Å². The fraction of sp³-hybridized carbons (Fsp3) is 0. The van der Waals surface area contributed by atoms with Crippen molar-refractivity contribution in [3.8, 4) is 67.2 Å². The van der Waals surface area contributed by atoms with Gasteiger partial charge in [0.1, 0.15) is 0 Å². The second-order valence-electron chi connectivity index (χ2n) is 12.4. The Labute approximate surface area is 337 Å². The first-order valence-corrected chi connectivity index (χ1v) is 18.0. The molecule has 9 aromatic rings. The van der Waals surface area contributed by atoms with E-state index in [9.17, 15) is 0 Å². The molecule has 3 heterocycles. The largest absolute Gasteiger partial charge is 3.00 e. The molecule has 0 bridgehead atoms. The molecular weight excluding hydrogens is 847 g/mol. The summed E-state index contributed by atoms with van der Waals surface area (Å²) >= 11 is 0. The van der Waals surface area contributed by atoms with Crippen LogP contribution in [0.2, 0.25) is 0 Å². The minimum atomic E-state index is 0. The van der Waals surface area contributed by atoms with E-state index in [2.05, 4.69) is 161 Å². The van der Waals surface area contributed by atoms with E-state index in [1.807, 2.05) is 91.4 Å². The third kappa shape index (κ3) is 10.1. The summed E-state index contributed by atoms with van der Waals surface area (Å²) < 4.78 is 0. The number of rotatable bonds is 6. The number of nitrogens with zero attached hydrogens (tertiary/aromatic N) is 3. The first kappa shape index (κ1) is 38.2. The van der Waals surface area contributed by atoms with E-state index in [0.717, 1.165) is 17.1 Å². The molecule has 0 unspecified atom stereocenters. The fourth-order valence-corrected chi connectivity index (χ4v) is 6.29. The number of benzene rings is 6. The predicted molar refractivity (Wildman–Crippen MR) is 225 cm³/mol. The topological polar surface area (TPSA) is 38.7 Å². The normalized spacial score (nSPS) is 10.0. The molecule has 0 radical (unpaired) electrons. The average molecular weight is 886 g/mol. The number of hydrogen-bond acceptors (Lipinski definition) is 3. The van der Waals surface area contributed by atoms with Gasteiger partial charge in [-0.15, -0.1) is 0 Å². The van der Waals surface area contributed by atoms with Crippen LogP contribution in [-0.4, -0.2) is 15.0 Å². The summed E-state index contributed by atoms with van der Waals surface area (Å²) in [5.41, 5.74) is 13.9. The van der Waals surface area contributed by atoms with Crippen LogP contribution in [0, 0.1) is 0 Å². The van der Waals surface area contributed by atoms with Crippen molar-refractivity contribution in [1.29, 1.82) is 0 Å². The maximum absolute atomic E-state index is 4.44. The van der Waals surface area contributed by atoms with E-state index in [1.165, 1.54) is 50.1 Å². The van der Waals surface area contributed by atoms with E-state index >= 15 is 0 Å². The molecule has 0 fully saturated rings. The molecule has 6 aromatic carbocycles. The van der Waals surface area contributed by atoms with Gasteiger partial charge in [0.05, 0.1) is 17.1 Å². The van der Waals surface area contributed by atoms with Crippen LogP contribution in [0.4, 0.5) is 0 Å². The van der Waals surface area contributed by atoms with Crippen molar-refractivity contribution in [3.63, 3.8) is 0 Å². The molecule has 9 rings (SSSR count). The number of hydrogen-bond donors (Lipinski definition) is 0. The number of aromatic nitrogens is 3. The quantitative estimate of drug-likeness (QED) is 0.167. The van der Waals surface area contributed by atoms with Gasteiger partial charge in [0.2, 0.25) is 0 Å². The third-order valence-electron chi connectivity index (χ3n) is 8.86. The van der Waals surface area contributed by atoms with Gasteiger partial charge >= 0.3 is 20.1 Å². The molecule has 264 valence electrons. The van der Waals surface area contributed by atoms with Crippen LogP contribution in [0.5, 0.6) is 0 Å². The molecule has 4 heteroatoms. The standard InChI is InChI=1S/3C17H13N.Ir/c3*1-2-8-14(9-3-1)15-10-4-5-11-16(15)17-12-6-7-13-18-17;/h3*1-13H;/q;;;+3. The minimum Gasteiger partial charge on any atom is -0.256 e. The Hall–Kier alpha value is -6.58. The Morgan fingerprint density at radius 3 is 0.655 bits per heavy atom. The van der Waals surface area contributed by atoms with Gasteiger partial charge in [-0.05, 0) is 69.8 Å². The van der Waals surface area contributed by atoms with Crippen LogP contribution in [0.1, 0.15) is 0 Å². The summed E-state index contributed by atoms with van der Waals surface area (Å²) in [7, 11) is 0. The molecule has 0 atom stereocenters. The summed E-state index contributed by atoms with van der Waals surface area (Å²) in [5.74, 6) is 0. The van der Waals surface area contributed by atoms with Gasteiger partial charge in [-0.3, -0.25) is 15.0 Å². The Morgan fingerprint density at radius 1 is 0.200 bits per heavy atom. The molecule has 0 amide bonds.